The molecule has 2 aromatic rings. The Kier molecular flexibility index (Phi) is 6.71. The second-order valence-corrected chi connectivity index (χ2v) is 5.81. The molecule has 3 nitrogen and oxygen atoms in total. The molecule has 4 heteroatoms. The summed E-state index contributed by atoms with van der Waals surface area (Å²) in [5.41, 5.74) is 1.43. The molecule has 0 heterocycles. The summed E-state index contributed by atoms with van der Waals surface area (Å²) in [7, 11) is 0. The topological polar surface area (TPSA) is 43.7 Å². The van der Waals surface area contributed by atoms with Crippen molar-refractivity contribution in [3.05, 3.63) is 71.5 Å². The first kappa shape index (κ1) is 17.6. The van der Waals surface area contributed by atoms with E-state index in [2.05, 4.69) is 4.90 Å². The van der Waals surface area contributed by atoms with Crippen LogP contribution in [0.25, 0.3) is 0 Å². The van der Waals surface area contributed by atoms with Gasteiger partial charge >= 0.3 is 0 Å². The molecule has 2 aromatic carbocycles. The Morgan fingerprint density at radius 2 is 1.70 bits per heavy atom. The van der Waals surface area contributed by atoms with Gasteiger partial charge in [0.1, 0.15) is 5.82 Å². The van der Waals surface area contributed by atoms with Gasteiger partial charge in [0, 0.05) is 31.3 Å². The van der Waals surface area contributed by atoms with Crippen LogP contribution >= 0.6 is 0 Å². The first-order chi connectivity index (χ1) is 11.1. The molecule has 2 N–H and O–H groups in total. The highest BCUT2D eigenvalue weighted by Gasteiger charge is 2.20. The number of aliphatic hydroxyl groups excluding tert-OH is 2. The van der Waals surface area contributed by atoms with E-state index in [9.17, 15) is 14.6 Å². The van der Waals surface area contributed by atoms with Gasteiger partial charge in [0.2, 0.25) is 0 Å². The largest absolute Gasteiger partial charge is 0.396 e. The van der Waals surface area contributed by atoms with E-state index in [0.29, 0.717) is 25.1 Å². The van der Waals surface area contributed by atoms with E-state index in [1.165, 1.54) is 6.07 Å². The Morgan fingerprint density at radius 3 is 2.35 bits per heavy atom. The predicted molar refractivity (Wildman–Crippen MR) is 89.4 cm³/mol. The number of aliphatic hydroxyl groups is 2. The van der Waals surface area contributed by atoms with Gasteiger partial charge in [-0.25, -0.2) is 4.39 Å². The zero-order chi connectivity index (χ0) is 16.7. The molecule has 0 aliphatic carbocycles. The molecule has 0 spiro atoms. The maximum absolute atomic E-state index is 13.8. The molecule has 0 aromatic heterocycles. The summed E-state index contributed by atoms with van der Waals surface area (Å²) in [6, 6.07) is 16.3. The molecule has 0 saturated carbocycles. The van der Waals surface area contributed by atoms with Crippen LogP contribution in [0.15, 0.2) is 54.6 Å². The lowest BCUT2D eigenvalue weighted by molar-refractivity contribution is 0.0746. The van der Waals surface area contributed by atoms with Crippen molar-refractivity contribution in [3.8, 4) is 0 Å². The highest BCUT2D eigenvalue weighted by atomic mass is 19.1. The van der Waals surface area contributed by atoms with Crippen LogP contribution in [-0.4, -0.2) is 34.3 Å². The second kappa shape index (κ2) is 8.77. The molecule has 2 unspecified atom stereocenters. The number of hydrogen-bond donors (Lipinski definition) is 2. The molecule has 0 saturated heterocycles. The van der Waals surface area contributed by atoms with Crippen LogP contribution in [0.1, 0.15) is 30.6 Å². The summed E-state index contributed by atoms with van der Waals surface area (Å²) < 4.78 is 13.8. The van der Waals surface area contributed by atoms with Crippen molar-refractivity contribution in [2.75, 3.05) is 13.2 Å². The van der Waals surface area contributed by atoms with E-state index in [4.69, 9.17) is 0 Å². The van der Waals surface area contributed by atoms with Crippen molar-refractivity contribution in [2.24, 2.45) is 0 Å². The molecule has 0 bridgehead atoms. The lowest BCUT2D eigenvalue weighted by Crippen LogP contribution is -2.36. The minimum Gasteiger partial charge on any atom is -0.396 e. The van der Waals surface area contributed by atoms with Crippen molar-refractivity contribution in [2.45, 2.75) is 32.0 Å². The molecule has 2 atom stereocenters. The quantitative estimate of drug-likeness (QED) is 0.786. The molecule has 23 heavy (non-hydrogen) atoms. The number of rotatable bonds is 8. The number of hydrogen-bond acceptors (Lipinski definition) is 3. The van der Waals surface area contributed by atoms with Gasteiger partial charge in [0.05, 0.1) is 6.10 Å². The van der Waals surface area contributed by atoms with Gasteiger partial charge < -0.3 is 10.2 Å². The maximum Gasteiger partial charge on any atom is 0.129 e. The zero-order valence-corrected chi connectivity index (χ0v) is 13.4. The van der Waals surface area contributed by atoms with Gasteiger partial charge in [-0.1, -0.05) is 48.5 Å². The van der Waals surface area contributed by atoms with Gasteiger partial charge in [0.25, 0.3) is 0 Å². The van der Waals surface area contributed by atoms with Gasteiger partial charge in [0.15, 0.2) is 0 Å². The Balaban J connectivity index is 2.12. The number of benzene rings is 2. The fourth-order valence-corrected chi connectivity index (χ4v) is 2.65. The highest BCUT2D eigenvalue weighted by Crippen LogP contribution is 2.21. The van der Waals surface area contributed by atoms with E-state index in [1.807, 2.05) is 37.3 Å². The van der Waals surface area contributed by atoms with Crippen LogP contribution in [0.2, 0.25) is 0 Å². The van der Waals surface area contributed by atoms with Crippen LogP contribution in [0.4, 0.5) is 4.39 Å². The fraction of sp³-hybridized carbons (Fsp3) is 0.368. The molecule has 0 fully saturated rings. The average molecular weight is 317 g/mol. The van der Waals surface area contributed by atoms with Crippen molar-refractivity contribution in [1.29, 1.82) is 0 Å². The van der Waals surface area contributed by atoms with Crippen LogP contribution < -0.4 is 0 Å². The molecule has 124 valence electrons. The first-order valence-electron chi connectivity index (χ1n) is 7.93. The Bertz CT molecular complexity index is 591. The van der Waals surface area contributed by atoms with Gasteiger partial charge in [-0.2, -0.15) is 0 Å². The summed E-state index contributed by atoms with van der Waals surface area (Å²) >= 11 is 0. The summed E-state index contributed by atoms with van der Waals surface area (Å²) in [6.45, 7) is 3.06. The average Bonchev–Trinajstić information content (AvgIpc) is 2.55. The molecule has 2 rings (SSSR count). The molecule has 0 radical (unpaired) electrons. The Hall–Kier alpha value is -1.75. The highest BCUT2D eigenvalue weighted by molar-refractivity contribution is 5.20. The minimum atomic E-state index is -0.902. The monoisotopic (exact) mass is 317 g/mol. The number of nitrogens with zero attached hydrogens (tertiary/aromatic N) is 1. The maximum atomic E-state index is 13.8. The van der Waals surface area contributed by atoms with Crippen LogP contribution in [-0.2, 0) is 6.54 Å². The third-order valence-corrected chi connectivity index (χ3v) is 4.07. The molecule has 0 amide bonds. The van der Waals surface area contributed by atoms with Crippen molar-refractivity contribution in [1.82, 2.24) is 4.90 Å². The zero-order valence-electron chi connectivity index (χ0n) is 13.4. The van der Waals surface area contributed by atoms with Crippen molar-refractivity contribution in [3.63, 3.8) is 0 Å². The van der Waals surface area contributed by atoms with E-state index in [1.54, 1.807) is 18.2 Å². The van der Waals surface area contributed by atoms with Crippen LogP contribution in [0.5, 0.6) is 0 Å². The third kappa shape index (κ3) is 5.13. The van der Waals surface area contributed by atoms with Crippen molar-refractivity contribution < 1.29 is 14.6 Å². The van der Waals surface area contributed by atoms with Gasteiger partial charge in [-0.3, -0.25) is 4.90 Å². The second-order valence-electron chi connectivity index (χ2n) is 5.81. The molecule has 0 aliphatic rings. The van der Waals surface area contributed by atoms with Gasteiger partial charge in [-0.05, 0) is 25.0 Å². The van der Waals surface area contributed by atoms with E-state index >= 15 is 0 Å². The Morgan fingerprint density at radius 1 is 1.04 bits per heavy atom. The molecule has 0 aliphatic heterocycles. The van der Waals surface area contributed by atoms with E-state index < -0.39 is 11.9 Å². The van der Waals surface area contributed by atoms with E-state index in [-0.39, 0.29) is 12.6 Å². The van der Waals surface area contributed by atoms with Crippen LogP contribution in [0.3, 0.4) is 0 Å². The fourth-order valence-electron chi connectivity index (χ4n) is 2.65. The molecular formula is C19H24FNO2. The summed E-state index contributed by atoms with van der Waals surface area (Å²) in [5.74, 6) is -0.394. The lowest BCUT2D eigenvalue weighted by Gasteiger charge is -2.31. The summed E-state index contributed by atoms with van der Waals surface area (Å²) in [5, 5.41) is 19.6. The first-order valence-corrected chi connectivity index (χ1v) is 7.93. The standard InChI is InChI=1S/C19H24FNO2/c1-15(11-12-22)21(13-16-7-3-2-4-8-16)14-19(23)17-9-5-6-10-18(17)20/h2-10,15,19,22-23H,11-14H2,1H3. The van der Waals surface area contributed by atoms with E-state index in [0.717, 1.165) is 5.56 Å². The van der Waals surface area contributed by atoms with Gasteiger partial charge in [-0.15, -0.1) is 0 Å². The lowest BCUT2D eigenvalue weighted by atomic mass is 10.1. The summed E-state index contributed by atoms with van der Waals surface area (Å²) in [4.78, 5) is 2.07. The van der Waals surface area contributed by atoms with Crippen molar-refractivity contribution >= 4 is 0 Å². The SMILES string of the molecule is CC(CCO)N(Cc1ccccc1)CC(O)c1ccccc1F. The molecular weight excluding hydrogens is 293 g/mol. The smallest absolute Gasteiger partial charge is 0.129 e. The van der Waals surface area contributed by atoms with Crippen LogP contribution in [0, 0.1) is 5.82 Å². The minimum absolute atomic E-state index is 0.0848. The third-order valence-electron chi connectivity index (χ3n) is 4.07. The number of halogens is 1. The summed E-state index contributed by atoms with van der Waals surface area (Å²) in [6.07, 6.45) is -0.294. The Labute approximate surface area is 137 Å². The predicted octanol–water partition coefficient (Wildman–Crippen LogP) is 3.13. The normalized spacial score (nSPS) is 14.0.